The molecular weight excluding hydrogens is 238 g/mol. The Morgan fingerprint density at radius 1 is 1.39 bits per heavy atom. The lowest BCUT2D eigenvalue weighted by Gasteiger charge is -2.36. The molecule has 0 saturated carbocycles. The average Bonchev–Trinajstić information content (AvgIpc) is 2.75. The smallest absolute Gasteiger partial charge is 0.280 e. The van der Waals surface area contributed by atoms with Gasteiger partial charge in [0.25, 0.3) is 5.91 Å². The van der Waals surface area contributed by atoms with Crippen molar-refractivity contribution < 1.29 is 14.2 Å². The van der Waals surface area contributed by atoms with Crippen LogP contribution in [0.2, 0.25) is 0 Å². The van der Waals surface area contributed by atoms with Crippen LogP contribution in [0.5, 0.6) is 0 Å². The van der Waals surface area contributed by atoms with E-state index < -0.39 is 5.91 Å². The number of hydrogen-bond donors (Lipinski definition) is 2. The summed E-state index contributed by atoms with van der Waals surface area (Å²) in [4.78, 5) is 24.9. The van der Waals surface area contributed by atoms with Crippen molar-refractivity contribution in [1.29, 1.82) is 0 Å². The van der Waals surface area contributed by atoms with E-state index in [4.69, 9.17) is 11.5 Å². The van der Waals surface area contributed by atoms with Crippen LogP contribution in [-0.2, 0) is 4.79 Å². The molecule has 2 atom stereocenters. The van der Waals surface area contributed by atoms with E-state index in [1.54, 1.807) is 0 Å². The maximum atomic E-state index is 12.2. The molecule has 2 rings (SSSR count). The fourth-order valence-corrected chi connectivity index (χ4v) is 2.10. The molecule has 0 spiro atoms. The van der Waals surface area contributed by atoms with E-state index >= 15 is 0 Å². The summed E-state index contributed by atoms with van der Waals surface area (Å²) in [5, 5.41) is 6.84. The Morgan fingerprint density at radius 3 is 2.67 bits per heavy atom. The monoisotopic (exact) mass is 253 g/mol. The van der Waals surface area contributed by atoms with Gasteiger partial charge in [0.1, 0.15) is 0 Å². The van der Waals surface area contributed by atoms with E-state index in [9.17, 15) is 9.59 Å². The van der Waals surface area contributed by atoms with E-state index in [0.29, 0.717) is 12.8 Å². The molecule has 0 bridgehead atoms. The Kier molecular flexibility index (Phi) is 3.17. The van der Waals surface area contributed by atoms with Crippen molar-refractivity contribution in [2.45, 2.75) is 25.8 Å². The molecule has 1 aliphatic heterocycles. The summed E-state index contributed by atoms with van der Waals surface area (Å²) >= 11 is 0. The maximum absolute atomic E-state index is 12.2. The number of aromatic nitrogens is 2. The van der Waals surface area contributed by atoms with Gasteiger partial charge >= 0.3 is 0 Å². The van der Waals surface area contributed by atoms with E-state index in [1.165, 1.54) is 4.90 Å². The molecule has 0 aliphatic carbocycles. The van der Waals surface area contributed by atoms with Crippen molar-refractivity contribution in [2.24, 2.45) is 11.7 Å². The van der Waals surface area contributed by atoms with Crippen LogP contribution < -0.4 is 11.5 Å². The molecule has 1 aromatic rings. The van der Waals surface area contributed by atoms with Gasteiger partial charge in [-0.1, -0.05) is 0 Å². The van der Waals surface area contributed by atoms with Gasteiger partial charge in [0.05, 0.1) is 5.92 Å². The number of amides is 2. The minimum atomic E-state index is -0.397. The van der Waals surface area contributed by atoms with Gasteiger partial charge in [0, 0.05) is 12.6 Å². The Morgan fingerprint density at radius 2 is 2.11 bits per heavy atom. The first-order valence-electron chi connectivity index (χ1n) is 5.69. The first-order chi connectivity index (χ1) is 8.50. The highest BCUT2D eigenvalue weighted by Crippen LogP contribution is 2.24. The molecule has 2 amide bonds. The van der Waals surface area contributed by atoms with Gasteiger partial charge in [-0.05, 0) is 30.1 Å². The number of nitrogen functional groups attached to an aromatic ring is 1. The van der Waals surface area contributed by atoms with Crippen LogP contribution in [-0.4, -0.2) is 39.6 Å². The summed E-state index contributed by atoms with van der Waals surface area (Å²) in [6, 6.07) is 0.00389. The van der Waals surface area contributed by atoms with E-state index in [0.717, 1.165) is 0 Å². The average molecular weight is 253 g/mol. The summed E-state index contributed by atoms with van der Waals surface area (Å²) in [7, 11) is 0. The van der Waals surface area contributed by atoms with Crippen LogP contribution in [0.25, 0.3) is 0 Å². The molecule has 4 N–H and O–H groups in total. The van der Waals surface area contributed by atoms with Crippen molar-refractivity contribution in [3.63, 3.8) is 0 Å². The normalized spacial score (nSPS) is 23.9. The summed E-state index contributed by atoms with van der Waals surface area (Å²) in [6.45, 7) is 2.18. The molecule has 98 valence electrons. The van der Waals surface area contributed by atoms with Crippen molar-refractivity contribution in [3.8, 4) is 0 Å². The highest BCUT2D eigenvalue weighted by atomic mass is 16.6. The molecule has 8 heteroatoms. The molecule has 0 aromatic carbocycles. The second-order valence-electron chi connectivity index (χ2n) is 4.48. The van der Waals surface area contributed by atoms with E-state index in [1.807, 2.05) is 6.92 Å². The third-order valence-electron chi connectivity index (χ3n) is 3.26. The zero-order valence-electron chi connectivity index (χ0n) is 10.00. The summed E-state index contributed by atoms with van der Waals surface area (Å²) in [6.07, 6.45) is 1.40. The van der Waals surface area contributed by atoms with Gasteiger partial charge < -0.3 is 16.4 Å². The summed E-state index contributed by atoms with van der Waals surface area (Å²) in [5.74, 6) is -1.15. The van der Waals surface area contributed by atoms with Crippen molar-refractivity contribution in [3.05, 3.63) is 5.69 Å². The molecule has 0 radical (unpaired) electrons. The fraction of sp³-hybridized carbons (Fsp3) is 0.600. The Bertz CT molecular complexity index is 472. The second kappa shape index (κ2) is 4.63. The quantitative estimate of drug-likeness (QED) is 0.722. The number of nitrogens with zero attached hydrogens (tertiary/aromatic N) is 3. The summed E-state index contributed by atoms with van der Waals surface area (Å²) in [5.41, 5.74) is 10.7. The Labute approximate surface area is 103 Å². The zero-order chi connectivity index (χ0) is 13.3. The zero-order valence-corrected chi connectivity index (χ0v) is 10.00. The van der Waals surface area contributed by atoms with Gasteiger partial charge in [-0.2, -0.15) is 0 Å². The Hall–Kier alpha value is -2.12. The minimum absolute atomic E-state index is 0.00389. The van der Waals surface area contributed by atoms with Crippen LogP contribution in [0, 0.1) is 5.92 Å². The maximum Gasteiger partial charge on any atom is 0.280 e. The van der Waals surface area contributed by atoms with Gasteiger partial charge in [-0.3, -0.25) is 9.59 Å². The van der Waals surface area contributed by atoms with Crippen LogP contribution in [0.15, 0.2) is 4.63 Å². The third kappa shape index (κ3) is 2.13. The molecule has 2 heterocycles. The largest absolute Gasteiger partial charge is 0.379 e. The van der Waals surface area contributed by atoms with E-state index in [-0.39, 0.29) is 35.9 Å². The van der Waals surface area contributed by atoms with E-state index in [2.05, 4.69) is 14.9 Å². The number of likely N-dealkylation sites (tertiary alicyclic amines) is 1. The lowest BCUT2D eigenvalue weighted by atomic mass is 9.92. The van der Waals surface area contributed by atoms with Crippen LogP contribution in [0.3, 0.4) is 0 Å². The number of hydrogen-bond acceptors (Lipinski definition) is 6. The number of piperidine rings is 1. The fourth-order valence-electron chi connectivity index (χ4n) is 2.10. The minimum Gasteiger partial charge on any atom is -0.379 e. The predicted octanol–water partition coefficient (Wildman–Crippen LogP) is -0.622. The van der Waals surface area contributed by atoms with Crippen molar-refractivity contribution >= 4 is 17.6 Å². The second-order valence-corrected chi connectivity index (χ2v) is 4.48. The number of carbonyl (C=O) groups excluding carboxylic acids is 2. The summed E-state index contributed by atoms with van der Waals surface area (Å²) < 4.78 is 4.40. The first-order valence-corrected chi connectivity index (χ1v) is 5.69. The molecule has 18 heavy (non-hydrogen) atoms. The molecule has 2 unspecified atom stereocenters. The number of anilines is 1. The SMILES string of the molecule is CC1CCC(C(N)=O)CN1C(=O)c1nonc1N. The number of carbonyl (C=O) groups is 2. The molecule has 1 aromatic heterocycles. The number of primary amides is 1. The molecular formula is C10H15N5O3. The molecule has 8 nitrogen and oxygen atoms in total. The number of nitrogens with two attached hydrogens (primary N) is 2. The third-order valence-corrected chi connectivity index (χ3v) is 3.26. The highest BCUT2D eigenvalue weighted by Gasteiger charge is 2.34. The lowest BCUT2D eigenvalue weighted by Crippen LogP contribution is -2.48. The van der Waals surface area contributed by atoms with Gasteiger partial charge in [-0.15, -0.1) is 0 Å². The van der Waals surface area contributed by atoms with Crippen molar-refractivity contribution in [2.75, 3.05) is 12.3 Å². The molecule has 1 saturated heterocycles. The Balaban J connectivity index is 2.18. The van der Waals surface area contributed by atoms with Crippen molar-refractivity contribution in [1.82, 2.24) is 15.2 Å². The van der Waals surface area contributed by atoms with Crippen LogP contribution >= 0.6 is 0 Å². The molecule has 1 fully saturated rings. The van der Waals surface area contributed by atoms with Gasteiger partial charge in [-0.25, -0.2) is 4.63 Å². The molecule has 1 aliphatic rings. The number of rotatable bonds is 2. The lowest BCUT2D eigenvalue weighted by molar-refractivity contribution is -0.123. The standard InChI is InChI=1S/C10H15N5O3/c1-5-2-3-6(9(12)16)4-15(5)10(17)7-8(11)14-18-13-7/h5-6H,2-4H2,1H3,(H2,11,14)(H2,12,16). The predicted molar refractivity (Wildman–Crippen MR) is 61.1 cm³/mol. The van der Waals surface area contributed by atoms with Crippen LogP contribution in [0.1, 0.15) is 30.3 Å². The van der Waals surface area contributed by atoms with Gasteiger partial charge in [0.15, 0.2) is 0 Å². The topological polar surface area (TPSA) is 128 Å². The van der Waals surface area contributed by atoms with Crippen LogP contribution in [0.4, 0.5) is 5.82 Å². The first kappa shape index (κ1) is 12.3. The highest BCUT2D eigenvalue weighted by molar-refractivity contribution is 5.96. The van der Waals surface area contributed by atoms with Gasteiger partial charge in [0.2, 0.25) is 17.4 Å².